The second-order valence-electron chi connectivity index (χ2n) is 7.02. The minimum absolute atomic E-state index is 0.274. The van der Waals surface area contributed by atoms with Crippen LogP contribution in [0.25, 0.3) is 0 Å². The minimum Gasteiger partial charge on any atom is -0.481 e. The average Bonchev–Trinajstić information content (AvgIpc) is 3.43. The molecule has 0 spiro atoms. The van der Waals surface area contributed by atoms with Crippen LogP contribution < -0.4 is 0 Å². The summed E-state index contributed by atoms with van der Waals surface area (Å²) in [6.45, 7) is -0.548. The van der Waals surface area contributed by atoms with Gasteiger partial charge in [0.05, 0.1) is 24.4 Å². The van der Waals surface area contributed by atoms with Crippen molar-refractivity contribution in [3.05, 3.63) is 24.3 Å². The highest BCUT2D eigenvalue weighted by Crippen LogP contribution is 2.41. The van der Waals surface area contributed by atoms with E-state index in [9.17, 15) is 29.4 Å². The van der Waals surface area contributed by atoms with E-state index in [1.165, 1.54) is 0 Å². The molecule has 8 unspecified atom stereocenters. The first-order valence-electron chi connectivity index (χ1n) is 8.85. The van der Waals surface area contributed by atoms with Crippen LogP contribution in [0.4, 0.5) is 0 Å². The number of carbonyl (C=O) groups is 4. The number of carbonyl (C=O) groups excluding carboxylic acids is 2. The first-order chi connectivity index (χ1) is 13.4. The zero-order valence-electron chi connectivity index (χ0n) is 14.5. The van der Waals surface area contributed by atoms with E-state index in [1.807, 2.05) is 0 Å². The summed E-state index contributed by atoms with van der Waals surface area (Å²) < 4.78 is 20.9. The molecular formula is C18H18O10. The number of aliphatic carboxylic acids is 2. The van der Waals surface area contributed by atoms with E-state index in [0.717, 1.165) is 0 Å². The smallest absolute Gasteiger partial charge is 0.313 e. The van der Waals surface area contributed by atoms with Gasteiger partial charge in [-0.05, 0) is 0 Å². The second kappa shape index (κ2) is 7.02. The van der Waals surface area contributed by atoms with Crippen molar-refractivity contribution in [2.24, 2.45) is 23.7 Å². The SMILES string of the molecule is O=C(O)C1C2C=CC(O2)C1C(=O)OCCOC(=O)C1C2C=CC(O2)C1C(=O)O. The molecule has 0 saturated carbocycles. The van der Waals surface area contributed by atoms with E-state index in [-0.39, 0.29) is 13.2 Å². The number of carboxylic acids is 2. The first kappa shape index (κ1) is 18.6. The molecule has 10 heteroatoms. The van der Waals surface area contributed by atoms with Crippen LogP contribution in [-0.2, 0) is 38.1 Å². The minimum atomic E-state index is -1.14. The molecular weight excluding hydrogens is 376 g/mol. The number of fused-ring (bicyclic) bond motifs is 4. The van der Waals surface area contributed by atoms with E-state index >= 15 is 0 Å². The summed E-state index contributed by atoms with van der Waals surface area (Å²) in [5, 5.41) is 18.6. The van der Waals surface area contributed by atoms with Crippen LogP contribution in [0.15, 0.2) is 24.3 Å². The Hall–Kier alpha value is -2.72. The fourth-order valence-electron chi connectivity index (χ4n) is 4.24. The van der Waals surface area contributed by atoms with Crippen LogP contribution in [0.3, 0.4) is 0 Å². The lowest BCUT2D eigenvalue weighted by Gasteiger charge is -2.21. The van der Waals surface area contributed by atoms with Crippen LogP contribution in [0, 0.1) is 23.7 Å². The summed E-state index contributed by atoms with van der Waals surface area (Å²) in [5.41, 5.74) is 0. The van der Waals surface area contributed by atoms with Gasteiger partial charge < -0.3 is 29.2 Å². The van der Waals surface area contributed by atoms with Gasteiger partial charge in [0.15, 0.2) is 0 Å². The van der Waals surface area contributed by atoms with Gasteiger partial charge in [0, 0.05) is 0 Å². The number of carboxylic acid groups (broad SMARTS) is 2. The Morgan fingerprint density at radius 2 is 0.964 bits per heavy atom. The maximum Gasteiger partial charge on any atom is 0.313 e. The van der Waals surface area contributed by atoms with Gasteiger partial charge in [-0.2, -0.15) is 0 Å². The summed E-state index contributed by atoms with van der Waals surface area (Å²) in [4.78, 5) is 47.2. The highest BCUT2D eigenvalue weighted by Gasteiger charge is 2.55. The Balaban J connectivity index is 1.27. The van der Waals surface area contributed by atoms with Gasteiger partial charge in [0.1, 0.15) is 36.9 Å². The van der Waals surface area contributed by atoms with E-state index in [2.05, 4.69) is 0 Å². The van der Waals surface area contributed by atoms with Crippen LogP contribution in [0.1, 0.15) is 0 Å². The molecule has 2 N–H and O–H groups in total. The lowest BCUT2D eigenvalue weighted by atomic mass is 9.83. The van der Waals surface area contributed by atoms with Crippen molar-refractivity contribution in [1.82, 2.24) is 0 Å². The molecule has 28 heavy (non-hydrogen) atoms. The van der Waals surface area contributed by atoms with Crippen molar-refractivity contribution in [3.8, 4) is 0 Å². The van der Waals surface area contributed by atoms with E-state index in [4.69, 9.17) is 18.9 Å². The van der Waals surface area contributed by atoms with Gasteiger partial charge in [-0.25, -0.2) is 0 Å². The average molecular weight is 394 g/mol. The third kappa shape index (κ3) is 2.98. The predicted molar refractivity (Wildman–Crippen MR) is 86.8 cm³/mol. The molecule has 0 aromatic heterocycles. The Morgan fingerprint density at radius 3 is 1.29 bits per heavy atom. The third-order valence-electron chi connectivity index (χ3n) is 5.49. The standard InChI is InChI=1S/C18H18O10/c19-15(20)11-7-1-3-9(27-7)13(11)17(23)25-5-6-26-18(24)14-10-4-2-8(28-10)12(14)16(21)22/h1-4,7-14H,5-6H2,(H,19,20)(H,21,22). The lowest BCUT2D eigenvalue weighted by Crippen LogP contribution is -2.38. The zero-order chi connectivity index (χ0) is 20.0. The summed E-state index contributed by atoms with van der Waals surface area (Å²) in [7, 11) is 0. The molecule has 4 aliphatic heterocycles. The van der Waals surface area contributed by atoms with Gasteiger partial charge in [-0.15, -0.1) is 0 Å². The zero-order valence-corrected chi connectivity index (χ0v) is 14.5. The number of ether oxygens (including phenoxy) is 4. The van der Waals surface area contributed by atoms with Crippen LogP contribution in [0.5, 0.6) is 0 Å². The molecule has 4 aliphatic rings. The van der Waals surface area contributed by atoms with Crippen molar-refractivity contribution in [2.45, 2.75) is 24.4 Å². The molecule has 0 radical (unpaired) electrons. The molecule has 10 nitrogen and oxygen atoms in total. The molecule has 0 aromatic carbocycles. The highest BCUT2D eigenvalue weighted by atomic mass is 16.6. The largest absolute Gasteiger partial charge is 0.481 e. The number of hydrogen-bond donors (Lipinski definition) is 2. The maximum absolute atomic E-state index is 12.2. The first-order valence-corrected chi connectivity index (χ1v) is 8.85. The predicted octanol–water partition coefficient (Wildman–Crippen LogP) is -0.619. The molecule has 4 rings (SSSR count). The normalized spacial score (nSPS) is 39.3. The topological polar surface area (TPSA) is 146 Å². The monoisotopic (exact) mass is 394 g/mol. The van der Waals surface area contributed by atoms with Gasteiger partial charge in [-0.3, -0.25) is 19.2 Å². The number of hydrogen-bond acceptors (Lipinski definition) is 8. The van der Waals surface area contributed by atoms with Gasteiger partial charge in [-0.1, -0.05) is 24.3 Å². The van der Waals surface area contributed by atoms with Gasteiger partial charge >= 0.3 is 23.9 Å². The Kier molecular flexibility index (Phi) is 4.68. The van der Waals surface area contributed by atoms with Crippen LogP contribution in [0.2, 0.25) is 0 Å². The number of esters is 2. The van der Waals surface area contributed by atoms with Gasteiger partial charge in [0.2, 0.25) is 0 Å². The maximum atomic E-state index is 12.2. The summed E-state index contributed by atoms with van der Waals surface area (Å²) in [6, 6.07) is 0. The molecule has 0 aliphatic carbocycles. The Morgan fingerprint density at radius 1 is 0.643 bits per heavy atom. The third-order valence-corrected chi connectivity index (χ3v) is 5.49. The number of rotatable bonds is 7. The Labute approximate surface area is 158 Å². The molecule has 0 amide bonds. The lowest BCUT2D eigenvalue weighted by molar-refractivity contribution is -0.163. The second-order valence-corrected chi connectivity index (χ2v) is 7.02. The fraction of sp³-hybridized carbons (Fsp3) is 0.556. The molecule has 0 aromatic rings. The van der Waals surface area contributed by atoms with Crippen LogP contribution in [-0.4, -0.2) is 71.7 Å². The van der Waals surface area contributed by atoms with Crippen LogP contribution >= 0.6 is 0 Å². The van der Waals surface area contributed by atoms with Crippen molar-refractivity contribution >= 4 is 23.9 Å². The molecule has 4 heterocycles. The van der Waals surface area contributed by atoms with E-state index in [1.54, 1.807) is 24.3 Å². The van der Waals surface area contributed by atoms with Crippen molar-refractivity contribution in [3.63, 3.8) is 0 Å². The van der Waals surface area contributed by atoms with E-state index < -0.39 is 72.0 Å². The summed E-state index contributed by atoms with van der Waals surface area (Å²) >= 11 is 0. The molecule has 4 bridgehead atoms. The fourth-order valence-corrected chi connectivity index (χ4v) is 4.24. The molecule has 2 saturated heterocycles. The molecule has 8 atom stereocenters. The van der Waals surface area contributed by atoms with Gasteiger partial charge in [0.25, 0.3) is 0 Å². The summed E-state index contributed by atoms with van der Waals surface area (Å²) in [5.74, 6) is -7.71. The van der Waals surface area contributed by atoms with Crippen molar-refractivity contribution in [1.29, 1.82) is 0 Å². The quantitative estimate of drug-likeness (QED) is 0.325. The summed E-state index contributed by atoms with van der Waals surface area (Å²) in [6.07, 6.45) is 3.88. The highest BCUT2D eigenvalue weighted by molar-refractivity contribution is 5.85. The van der Waals surface area contributed by atoms with Crippen molar-refractivity contribution in [2.75, 3.05) is 13.2 Å². The molecule has 2 fully saturated rings. The van der Waals surface area contributed by atoms with E-state index in [0.29, 0.717) is 0 Å². The Bertz CT molecular complexity index is 706. The van der Waals surface area contributed by atoms with Crippen molar-refractivity contribution < 1.29 is 48.3 Å². The molecule has 150 valence electrons.